The molecule has 1 aromatic heterocycles. The molecule has 1 amide bonds. The molecule has 0 atom stereocenters. The molecule has 5 heteroatoms. The molecule has 19 heavy (non-hydrogen) atoms. The lowest BCUT2D eigenvalue weighted by molar-refractivity contribution is 0.0958. The van der Waals surface area contributed by atoms with Crippen LogP contribution in [0.5, 0.6) is 0 Å². The van der Waals surface area contributed by atoms with Crippen LogP contribution in [-0.4, -0.2) is 37.7 Å². The number of nitrogens with one attached hydrogen (secondary N) is 2. The predicted molar refractivity (Wildman–Crippen MR) is 76.5 cm³/mol. The molecule has 1 rings (SSSR count). The van der Waals surface area contributed by atoms with Crippen molar-refractivity contribution in [2.75, 3.05) is 32.1 Å². The van der Waals surface area contributed by atoms with Gasteiger partial charge in [-0.3, -0.25) is 9.78 Å². The summed E-state index contributed by atoms with van der Waals surface area (Å²) in [6, 6.07) is 3.60. The van der Waals surface area contributed by atoms with Crippen molar-refractivity contribution < 1.29 is 9.53 Å². The van der Waals surface area contributed by atoms with Crippen LogP contribution in [0.15, 0.2) is 18.3 Å². The van der Waals surface area contributed by atoms with E-state index in [1.54, 1.807) is 19.3 Å². The number of unbranched alkanes of at least 4 members (excludes halogenated alkanes) is 1. The Hall–Kier alpha value is -1.62. The van der Waals surface area contributed by atoms with Crippen LogP contribution >= 0.6 is 0 Å². The largest absolute Gasteiger partial charge is 0.385 e. The molecule has 106 valence electrons. The Morgan fingerprint density at radius 3 is 2.89 bits per heavy atom. The number of pyridine rings is 1. The molecule has 0 spiro atoms. The van der Waals surface area contributed by atoms with E-state index >= 15 is 0 Å². The molecule has 0 bridgehead atoms. The van der Waals surface area contributed by atoms with Gasteiger partial charge in [0.25, 0.3) is 5.91 Å². The van der Waals surface area contributed by atoms with Crippen LogP contribution in [0.1, 0.15) is 36.7 Å². The minimum absolute atomic E-state index is 0.174. The van der Waals surface area contributed by atoms with Gasteiger partial charge in [0.15, 0.2) is 0 Å². The van der Waals surface area contributed by atoms with Gasteiger partial charge in [0, 0.05) is 38.7 Å². The molecule has 0 aromatic carbocycles. The molecule has 0 aliphatic rings. The van der Waals surface area contributed by atoms with Gasteiger partial charge in [0.1, 0.15) is 5.69 Å². The van der Waals surface area contributed by atoms with E-state index in [9.17, 15) is 4.79 Å². The number of carbonyl (C=O) groups excluding carboxylic acids is 1. The molecular weight excluding hydrogens is 242 g/mol. The molecule has 0 saturated carbocycles. The zero-order chi connectivity index (χ0) is 13.9. The summed E-state index contributed by atoms with van der Waals surface area (Å²) in [4.78, 5) is 15.4. The minimum Gasteiger partial charge on any atom is -0.385 e. The van der Waals surface area contributed by atoms with Crippen molar-refractivity contribution in [3.63, 3.8) is 0 Å². The van der Waals surface area contributed by atoms with Crippen LogP contribution in [0.25, 0.3) is 0 Å². The van der Waals surface area contributed by atoms with E-state index in [-0.39, 0.29) is 5.91 Å². The number of carbonyl (C=O) groups is 1. The highest BCUT2D eigenvalue weighted by Crippen LogP contribution is 2.07. The molecule has 0 aliphatic heterocycles. The number of nitrogens with zero attached hydrogens (tertiary/aromatic N) is 1. The van der Waals surface area contributed by atoms with Crippen molar-refractivity contribution in [3.8, 4) is 0 Å². The molecule has 0 radical (unpaired) electrons. The first kappa shape index (κ1) is 15.4. The van der Waals surface area contributed by atoms with Gasteiger partial charge in [0.05, 0.1) is 0 Å². The Morgan fingerprint density at radius 1 is 1.37 bits per heavy atom. The van der Waals surface area contributed by atoms with Gasteiger partial charge in [-0.1, -0.05) is 13.3 Å². The van der Waals surface area contributed by atoms with Crippen molar-refractivity contribution in [3.05, 3.63) is 24.0 Å². The fourth-order valence-corrected chi connectivity index (χ4v) is 1.55. The minimum atomic E-state index is -0.174. The van der Waals surface area contributed by atoms with E-state index in [0.717, 1.165) is 44.7 Å². The number of ether oxygens (including phenoxy) is 1. The molecule has 5 nitrogen and oxygen atoms in total. The average molecular weight is 265 g/mol. The summed E-state index contributed by atoms with van der Waals surface area (Å²) < 4.78 is 5.47. The normalized spacial score (nSPS) is 10.2. The van der Waals surface area contributed by atoms with Crippen molar-refractivity contribution in [1.29, 1.82) is 0 Å². The lowest BCUT2D eigenvalue weighted by Gasteiger charge is -2.08. The van der Waals surface area contributed by atoms with Crippen molar-refractivity contribution in [2.24, 2.45) is 0 Å². The third-order valence-corrected chi connectivity index (χ3v) is 2.66. The molecule has 0 unspecified atom stereocenters. The third-order valence-electron chi connectivity index (χ3n) is 2.66. The maximum absolute atomic E-state index is 11.4. The first-order chi connectivity index (χ1) is 9.27. The number of amides is 1. The topological polar surface area (TPSA) is 63.2 Å². The molecule has 0 saturated heterocycles. The SMILES string of the molecule is CCCCOCCCNc1ccnc(C(=O)NC)c1. The van der Waals surface area contributed by atoms with E-state index in [2.05, 4.69) is 22.5 Å². The Balaban J connectivity index is 2.24. The van der Waals surface area contributed by atoms with E-state index in [0.29, 0.717) is 5.69 Å². The highest BCUT2D eigenvalue weighted by Gasteiger charge is 2.04. The second-order valence-electron chi connectivity index (χ2n) is 4.26. The summed E-state index contributed by atoms with van der Waals surface area (Å²) in [6.07, 6.45) is 4.86. The van der Waals surface area contributed by atoms with E-state index in [1.165, 1.54) is 0 Å². The van der Waals surface area contributed by atoms with Crippen LogP contribution in [0, 0.1) is 0 Å². The van der Waals surface area contributed by atoms with Crippen LogP contribution < -0.4 is 10.6 Å². The maximum Gasteiger partial charge on any atom is 0.269 e. The highest BCUT2D eigenvalue weighted by molar-refractivity contribution is 5.92. The van der Waals surface area contributed by atoms with Gasteiger partial charge in [0.2, 0.25) is 0 Å². The smallest absolute Gasteiger partial charge is 0.269 e. The summed E-state index contributed by atoms with van der Waals surface area (Å²) >= 11 is 0. The summed E-state index contributed by atoms with van der Waals surface area (Å²) in [6.45, 7) is 4.58. The number of hydrogen-bond donors (Lipinski definition) is 2. The Kier molecular flexibility index (Phi) is 7.58. The standard InChI is InChI=1S/C14H23N3O2/c1-3-4-9-19-10-5-7-16-12-6-8-17-13(11-12)14(18)15-2/h6,8,11H,3-5,7,9-10H2,1-2H3,(H,15,18)(H,16,17). The monoisotopic (exact) mass is 265 g/mol. The lowest BCUT2D eigenvalue weighted by atomic mass is 10.3. The number of aromatic nitrogens is 1. The molecule has 2 N–H and O–H groups in total. The Labute approximate surface area is 114 Å². The fourth-order valence-electron chi connectivity index (χ4n) is 1.55. The van der Waals surface area contributed by atoms with E-state index in [4.69, 9.17) is 4.74 Å². The first-order valence-corrected chi connectivity index (χ1v) is 6.77. The molecule has 0 aliphatic carbocycles. The van der Waals surface area contributed by atoms with Gasteiger partial charge in [-0.2, -0.15) is 0 Å². The second kappa shape index (κ2) is 9.33. The van der Waals surface area contributed by atoms with Crippen LogP contribution in [-0.2, 0) is 4.74 Å². The summed E-state index contributed by atoms with van der Waals surface area (Å²) in [7, 11) is 1.59. The Bertz CT molecular complexity index is 383. The summed E-state index contributed by atoms with van der Waals surface area (Å²) in [5.74, 6) is -0.174. The van der Waals surface area contributed by atoms with Gasteiger partial charge >= 0.3 is 0 Å². The summed E-state index contributed by atoms with van der Waals surface area (Å²) in [5.41, 5.74) is 1.33. The number of hydrogen-bond acceptors (Lipinski definition) is 4. The molecule has 1 aromatic rings. The highest BCUT2D eigenvalue weighted by atomic mass is 16.5. The van der Waals surface area contributed by atoms with Gasteiger partial charge in [-0.05, 0) is 25.0 Å². The number of anilines is 1. The number of rotatable bonds is 9. The zero-order valence-corrected chi connectivity index (χ0v) is 11.7. The lowest BCUT2D eigenvalue weighted by Crippen LogP contribution is -2.19. The van der Waals surface area contributed by atoms with E-state index in [1.807, 2.05) is 6.07 Å². The van der Waals surface area contributed by atoms with Crippen molar-refractivity contribution >= 4 is 11.6 Å². The average Bonchev–Trinajstić information content (AvgIpc) is 2.46. The Morgan fingerprint density at radius 2 is 2.16 bits per heavy atom. The van der Waals surface area contributed by atoms with Gasteiger partial charge in [-0.25, -0.2) is 0 Å². The van der Waals surface area contributed by atoms with Crippen LogP contribution in [0.3, 0.4) is 0 Å². The molecule has 1 heterocycles. The van der Waals surface area contributed by atoms with E-state index < -0.39 is 0 Å². The van der Waals surface area contributed by atoms with Crippen LogP contribution in [0.4, 0.5) is 5.69 Å². The third kappa shape index (κ3) is 6.20. The van der Waals surface area contributed by atoms with Crippen molar-refractivity contribution in [1.82, 2.24) is 10.3 Å². The first-order valence-electron chi connectivity index (χ1n) is 6.77. The predicted octanol–water partition coefficient (Wildman–Crippen LogP) is 2.06. The van der Waals surface area contributed by atoms with Gasteiger partial charge < -0.3 is 15.4 Å². The van der Waals surface area contributed by atoms with Crippen molar-refractivity contribution in [2.45, 2.75) is 26.2 Å². The quantitative estimate of drug-likeness (QED) is 0.671. The summed E-state index contributed by atoms with van der Waals surface area (Å²) in [5, 5.41) is 5.81. The second-order valence-corrected chi connectivity index (χ2v) is 4.26. The van der Waals surface area contributed by atoms with Crippen LogP contribution in [0.2, 0.25) is 0 Å². The molecule has 0 fully saturated rings. The fraction of sp³-hybridized carbons (Fsp3) is 0.571. The zero-order valence-electron chi connectivity index (χ0n) is 11.7. The molecular formula is C14H23N3O2. The van der Waals surface area contributed by atoms with Gasteiger partial charge in [-0.15, -0.1) is 0 Å². The maximum atomic E-state index is 11.4.